The van der Waals surface area contributed by atoms with Crippen molar-refractivity contribution < 1.29 is 39.7 Å². The van der Waals surface area contributed by atoms with Crippen LogP contribution in [-0.2, 0) is 12.8 Å². The zero-order valence-electron chi connectivity index (χ0n) is 23.4. The molecular formula is C32H36N2O8. The molecule has 3 aliphatic rings. The van der Waals surface area contributed by atoms with Crippen LogP contribution in [0.4, 0.5) is 0 Å². The summed E-state index contributed by atoms with van der Waals surface area (Å²) in [5, 5.41) is 54.8. The highest BCUT2D eigenvalue weighted by Crippen LogP contribution is 2.53. The largest absolute Gasteiger partial charge is 0.508 e. The summed E-state index contributed by atoms with van der Waals surface area (Å²) < 4.78 is 18.0. The van der Waals surface area contributed by atoms with Crippen molar-refractivity contribution in [2.45, 2.75) is 43.5 Å². The lowest BCUT2D eigenvalue weighted by atomic mass is 9.73. The Kier molecular flexibility index (Phi) is 7.76. The van der Waals surface area contributed by atoms with Crippen LogP contribution in [0.3, 0.4) is 0 Å². The van der Waals surface area contributed by atoms with Gasteiger partial charge in [-0.15, -0.1) is 0 Å². The molecule has 3 aromatic carbocycles. The third kappa shape index (κ3) is 5.17. The lowest BCUT2D eigenvalue weighted by molar-refractivity contribution is 0.0194. The summed E-state index contributed by atoms with van der Waals surface area (Å²) in [4.78, 5) is 2.19. The van der Waals surface area contributed by atoms with Gasteiger partial charge in [0.05, 0.1) is 33.1 Å². The van der Waals surface area contributed by atoms with Gasteiger partial charge in [0.2, 0.25) is 0 Å². The summed E-state index contributed by atoms with van der Waals surface area (Å²) in [7, 11) is 1.46. The van der Waals surface area contributed by atoms with Crippen molar-refractivity contribution in [1.29, 1.82) is 0 Å². The van der Waals surface area contributed by atoms with Gasteiger partial charge in [-0.2, -0.15) is 0 Å². The van der Waals surface area contributed by atoms with Crippen LogP contribution in [0.5, 0.6) is 28.7 Å². The maximum atomic E-state index is 11.4. The minimum absolute atomic E-state index is 0.00801. The number of nitrogens with one attached hydrogen (secondary N) is 1. The molecule has 0 aromatic heterocycles. The van der Waals surface area contributed by atoms with Crippen LogP contribution < -0.4 is 19.5 Å². The van der Waals surface area contributed by atoms with Crippen LogP contribution >= 0.6 is 0 Å². The van der Waals surface area contributed by atoms with E-state index in [0.717, 1.165) is 47.5 Å². The number of nitrogens with zero attached hydrogens (tertiary/aromatic N) is 1. The van der Waals surface area contributed by atoms with Gasteiger partial charge in [-0.1, -0.05) is 12.1 Å². The monoisotopic (exact) mass is 576 g/mol. The van der Waals surface area contributed by atoms with Gasteiger partial charge in [0, 0.05) is 42.6 Å². The normalized spacial score (nSPS) is 20.4. The number of phenols is 2. The second kappa shape index (κ2) is 11.6. The van der Waals surface area contributed by atoms with E-state index in [1.807, 2.05) is 18.5 Å². The van der Waals surface area contributed by atoms with E-state index in [0.29, 0.717) is 29.9 Å². The van der Waals surface area contributed by atoms with Crippen molar-refractivity contribution >= 4 is 0 Å². The van der Waals surface area contributed by atoms with Gasteiger partial charge in [-0.05, 0) is 65.3 Å². The standard InChI is InChI=1S/C32H36N2O8/c1-40-28-12-19(2-5-25(28)38)32-26(39)13-24-27(42-32)14-29(41-22(15-35)16-36)31-23-4-3-21(37)11-20(23)10-18(30(24)31)6-8-34-9-7-33-17-34/h2-5,7,9,11-12,14,18,22,26,32-33,35-39H,6,8,10,13,15-17H2,1H3. The summed E-state index contributed by atoms with van der Waals surface area (Å²) in [6, 6.07) is 11.9. The molecule has 10 nitrogen and oxygen atoms in total. The molecule has 2 aliphatic heterocycles. The molecule has 6 N–H and O–H groups in total. The molecular weight excluding hydrogens is 540 g/mol. The van der Waals surface area contributed by atoms with Crippen LogP contribution in [0.2, 0.25) is 0 Å². The summed E-state index contributed by atoms with van der Waals surface area (Å²) in [6.45, 7) is 0.763. The van der Waals surface area contributed by atoms with Crippen molar-refractivity contribution in [3.63, 3.8) is 0 Å². The molecule has 222 valence electrons. The van der Waals surface area contributed by atoms with Crippen LogP contribution in [0.1, 0.15) is 40.7 Å². The number of hydrogen-bond acceptors (Lipinski definition) is 10. The topological polar surface area (TPSA) is 144 Å². The molecule has 1 aliphatic carbocycles. The first-order valence-electron chi connectivity index (χ1n) is 14.2. The van der Waals surface area contributed by atoms with E-state index < -0.39 is 18.3 Å². The molecule has 3 atom stereocenters. The van der Waals surface area contributed by atoms with E-state index in [1.54, 1.807) is 30.3 Å². The Morgan fingerprint density at radius 3 is 2.62 bits per heavy atom. The second-order valence-electron chi connectivity index (χ2n) is 11.0. The minimum atomic E-state index is -0.877. The Labute approximate surface area is 244 Å². The lowest BCUT2D eigenvalue weighted by Gasteiger charge is -2.38. The Hall–Kier alpha value is -4.12. The predicted molar refractivity (Wildman–Crippen MR) is 155 cm³/mol. The Morgan fingerprint density at radius 1 is 1.05 bits per heavy atom. The number of benzene rings is 3. The third-order valence-electron chi connectivity index (χ3n) is 8.35. The molecule has 0 spiro atoms. The number of aliphatic hydroxyl groups excluding tert-OH is 3. The summed E-state index contributed by atoms with van der Waals surface area (Å²) in [6.07, 6.45) is 3.29. The molecule has 0 amide bonds. The van der Waals surface area contributed by atoms with Crippen molar-refractivity contribution in [3.05, 3.63) is 77.1 Å². The molecule has 3 unspecified atom stereocenters. The number of fused-ring (bicyclic) bond motifs is 5. The maximum absolute atomic E-state index is 11.4. The van der Waals surface area contributed by atoms with E-state index >= 15 is 0 Å². The smallest absolute Gasteiger partial charge is 0.160 e. The molecule has 0 saturated heterocycles. The fraction of sp³-hybridized carbons (Fsp3) is 0.375. The zero-order chi connectivity index (χ0) is 29.4. The molecule has 3 aromatic rings. The van der Waals surface area contributed by atoms with Gasteiger partial charge < -0.3 is 50.0 Å². The quantitative estimate of drug-likeness (QED) is 0.225. The first-order valence-corrected chi connectivity index (χ1v) is 14.2. The highest BCUT2D eigenvalue weighted by atomic mass is 16.5. The molecule has 42 heavy (non-hydrogen) atoms. The second-order valence-corrected chi connectivity index (χ2v) is 11.0. The molecule has 6 rings (SSSR count). The van der Waals surface area contributed by atoms with E-state index in [1.165, 1.54) is 13.2 Å². The molecule has 2 heterocycles. The fourth-order valence-electron chi connectivity index (χ4n) is 6.30. The molecule has 0 fully saturated rings. The van der Waals surface area contributed by atoms with Crippen LogP contribution in [-0.4, -0.2) is 76.2 Å². The van der Waals surface area contributed by atoms with E-state index in [4.69, 9.17) is 14.2 Å². The van der Waals surface area contributed by atoms with Gasteiger partial charge in [-0.25, -0.2) is 0 Å². The summed E-state index contributed by atoms with van der Waals surface area (Å²) >= 11 is 0. The highest BCUT2D eigenvalue weighted by Gasteiger charge is 2.38. The van der Waals surface area contributed by atoms with Gasteiger partial charge >= 0.3 is 0 Å². The average molecular weight is 577 g/mol. The highest BCUT2D eigenvalue weighted by molar-refractivity contribution is 5.83. The Balaban J connectivity index is 1.49. The number of methoxy groups -OCH3 is 1. The Bertz CT molecular complexity index is 1490. The van der Waals surface area contributed by atoms with E-state index in [2.05, 4.69) is 10.2 Å². The molecule has 0 bridgehead atoms. The number of rotatable bonds is 9. The zero-order valence-corrected chi connectivity index (χ0v) is 23.4. The number of aliphatic hydroxyl groups is 3. The first kappa shape index (κ1) is 28.0. The maximum Gasteiger partial charge on any atom is 0.160 e. The van der Waals surface area contributed by atoms with E-state index in [-0.39, 0.29) is 36.4 Å². The fourth-order valence-corrected chi connectivity index (χ4v) is 6.30. The Morgan fingerprint density at radius 2 is 1.88 bits per heavy atom. The summed E-state index contributed by atoms with van der Waals surface area (Å²) in [5.74, 6) is 1.47. The summed E-state index contributed by atoms with van der Waals surface area (Å²) in [5.41, 5.74) is 5.24. The first-order chi connectivity index (χ1) is 20.4. The van der Waals surface area contributed by atoms with Crippen molar-refractivity contribution in [3.8, 4) is 39.9 Å². The molecule has 10 heteroatoms. The third-order valence-corrected chi connectivity index (χ3v) is 8.35. The van der Waals surface area contributed by atoms with Gasteiger partial charge in [-0.3, -0.25) is 0 Å². The molecule has 0 saturated carbocycles. The van der Waals surface area contributed by atoms with Crippen molar-refractivity contribution in [1.82, 2.24) is 10.2 Å². The van der Waals surface area contributed by atoms with E-state index in [9.17, 15) is 25.5 Å². The van der Waals surface area contributed by atoms with Gasteiger partial charge in [0.25, 0.3) is 0 Å². The SMILES string of the molecule is COc1cc(C2Oc3cc(OC(CO)CO)c4c(c3CC2O)C(CCN2C=CNC2)Cc2cc(O)ccc2-4)ccc1O. The minimum Gasteiger partial charge on any atom is -0.508 e. The number of aromatic hydroxyl groups is 2. The number of ether oxygens (including phenoxy) is 3. The van der Waals surface area contributed by atoms with Crippen LogP contribution in [0, 0.1) is 0 Å². The molecule has 0 radical (unpaired) electrons. The lowest BCUT2D eigenvalue weighted by Crippen LogP contribution is -2.33. The van der Waals surface area contributed by atoms with Crippen LogP contribution in [0.25, 0.3) is 11.1 Å². The van der Waals surface area contributed by atoms with Crippen LogP contribution in [0.15, 0.2) is 54.9 Å². The number of hydrogen-bond donors (Lipinski definition) is 6. The predicted octanol–water partition coefficient (Wildman–Crippen LogP) is 2.91. The average Bonchev–Trinajstić information content (AvgIpc) is 3.52. The van der Waals surface area contributed by atoms with Gasteiger partial charge in [0.1, 0.15) is 29.5 Å². The number of phenolic OH excluding ortho intramolecular Hbond substituents is 2. The van der Waals surface area contributed by atoms with Crippen molar-refractivity contribution in [2.24, 2.45) is 0 Å². The van der Waals surface area contributed by atoms with Crippen molar-refractivity contribution in [2.75, 3.05) is 33.5 Å². The van der Waals surface area contributed by atoms with Gasteiger partial charge in [0.15, 0.2) is 11.5 Å².